The summed E-state index contributed by atoms with van der Waals surface area (Å²) in [4.78, 5) is 11.8. The Morgan fingerprint density at radius 2 is 2.12 bits per heavy atom. The molecule has 1 amide bonds. The minimum Gasteiger partial charge on any atom is -0.306 e. The lowest BCUT2D eigenvalue weighted by Gasteiger charge is -2.04. The lowest BCUT2D eigenvalue weighted by molar-refractivity contribution is 0.249. The molecule has 1 heterocycles. The van der Waals surface area contributed by atoms with E-state index in [1.165, 1.54) is 0 Å². The lowest BCUT2D eigenvalue weighted by atomic mass is 10.3. The Balaban J connectivity index is 2.15. The number of hydrogen-bond acceptors (Lipinski definition) is 4. The van der Waals surface area contributed by atoms with Gasteiger partial charge in [0.05, 0.1) is 0 Å². The summed E-state index contributed by atoms with van der Waals surface area (Å²) < 4.78 is 1.16. The van der Waals surface area contributed by atoms with E-state index < -0.39 is 0 Å². The van der Waals surface area contributed by atoms with Crippen LogP contribution < -0.4 is 5.32 Å². The summed E-state index contributed by atoms with van der Waals surface area (Å²) in [5.41, 5.74) is 0.713. The number of benzene rings is 1. The Bertz CT molecular complexity index is 479. The second-order valence-electron chi connectivity index (χ2n) is 3.16. The number of aryl methyl sites for hydroxylation is 1. The molecule has 0 fully saturated rings. The number of hydrogen-bond donors (Lipinski definition) is 1. The number of aromatic nitrogens is 4. The molecule has 1 aromatic carbocycles. The van der Waals surface area contributed by atoms with E-state index in [0.717, 1.165) is 4.68 Å². The van der Waals surface area contributed by atoms with E-state index in [1.807, 2.05) is 25.1 Å². The van der Waals surface area contributed by atoms with Gasteiger partial charge in [0.1, 0.15) is 0 Å². The molecule has 0 bridgehead atoms. The van der Waals surface area contributed by atoms with Gasteiger partial charge < -0.3 is 5.32 Å². The summed E-state index contributed by atoms with van der Waals surface area (Å²) in [7, 11) is 0. The molecule has 0 saturated carbocycles. The predicted octanol–water partition coefficient (Wildman–Crippen LogP) is 1.32. The van der Waals surface area contributed by atoms with E-state index >= 15 is 0 Å². The van der Waals surface area contributed by atoms with Crippen molar-refractivity contribution in [2.24, 2.45) is 0 Å². The van der Waals surface area contributed by atoms with Gasteiger partial charge in [-0.1, -0.05) is 25.1 Å². The van der Waals surface area contributed by atoms with E-state index in [2.05, 4.69) is 20.8 Å². The summed E-state index contributed by atoms with van der Waals surface area (Å²) >= 11 is 0. The van der Waals surface area contributed by atoms with Gasteiger partial charge in [0.15, 0.2) is 5.82 Å². The first-order chi connectivity index (χ1) is 7.81. The Morgan fingerprint density at radius 3 is 2.81 bits per heavy atom. The summed E-state index contributed by atoms with van der Waals surface area (Å²) in [5, 5.41) is 13.5. The third kappa shape index (κ3) is 2.05. The number of tetrazole rings is 1. The minimum atomic E-state index is -0.354. The molecule has 2 rings (SSSR count). The highest BCUT2D eigenvalue weighted by Gasteiger charge is 2.11. The molecule has 0 saturated heterocycles. The van der Waals surface area contributed by atoms with Crippen molar-refractivity contribution in [3.63, 3.8) is 0 Å². The molecule has 6 nitrogen and oxygen atoms in total. The highest BCUT2D eigenvalue weighted by atomic mass is 16.2. The van der Waals surface area contributed by atoms with Crippen LogP contribution in [-0.2, 0) is 6.42 Å². The van der Waals surface area contributed by atoms with E-state index in [1.54, 1.807) is 12.1 Å². The third-order valence-corrected chi connectivity index (χ3v) is 2.07. The molecular weight excluding hydrogens is 206 g/mol. The quantitative estimate of drug-likeness (QED) is 0.770. The number of nitrogens with one attached hydrogen (secondary N) is 1. The molecule has 1 aromatic heterocycles. The number of carbonyl (C=O) groups is 1. The fraction of sp³-hybridized carbons (Fsp3) is 0.200. The smallest absolute Gasteiger partial charge is 0.306 e. The Labute approximate surface area is 92.3 Å². The van der Waals surface area contributed by atoms with Gasteiger partial charge in [-0.3, -0.25) is 0 Å². The van der Waals surface area contributed by atoms with Gasteiger partial charge in [0, 0.05) is 12.1 Å². The second-order valence-corrected chi connectivity index (χ2v) is 3.16. The summed E-state index contributed by atoms with van der Waals surface area (Å²) in [5.74, 6) is 0.536. The summed E-state index contributed by atoms with van der Waals surface area (Å²) in [6.45, 7) is 1.89. The van der Waals surface area contributed by atoms with E-state index in [-0.39, 0.29) is 6.03 Å². The Morgan fingerprint density at radius 1 is 1.38 bits per heavy atom. The van der Waals surface area contributed by atoms with Crippen LogP contribution in [0.5, 0.6) is 0 Å². The molecule has 0 aliphatic rings. The average molecular weight is 217 g/mol. The molecule has 1 N–H and O–H groups in total. The molecule has 82 valence electrons. The van der Waals surface area contributed by atoms with Gasteiger partial charge in [-0.05, 0) is 22.6 Å². The third-order valence-electron chi connectivity index (χ3n) is 2.07. The van der Waals surface area contributed by atoms with Crippen LogP contribution in [0.3, 0.4) is 0 Å². The van der Waals surface area contributed by atoms with Crippen LogP contribution in [0.2, 0.25) is 0 Å². The zero-order valence-electron chi connectivity index (χ0n) is 8.79. The molecular formula is C10H11N5O. The molecule has 0 radical (unpaired) electrons. The minimum absolute atomic E-state index is 0.354. The molecule has 16 heavy (non-hydrogen) atoms. The summed E-state index contributed by atoms with van der Waals surface area (Å²) in [6, 6.07) is 8.81. The molecule has 6 heteroatoms. The second kappa shape index (κ2) is 4.52. The van der Waals surface area contributed by atoms with Crippen LogP contribution in [0.4, 0.5) is 10.5 Å². The zero-order chi connectivity index (χ0) is 11.4. The number of rotatable bonds is 2. The van der Waals surface area contributed by atoms with Crippen molar-refractivity contribution in [2.45, 2.75) is 13.3 Å². The fourth-order valence-electron chi connectivity index (χ4n) is 1.28. The standard InChI is InChI=1S/C10H11N5O/c1-2-9-12-13-14-15(9)10(16)11-8-6-4-3-5-7-8/h3-7H,2H2,1H3,(H,11,16). The van der Waals surface area contributed by atoms with Crippen molar-refractivity contribution in [3.8, 4) is 0 Å². The van der Waals surface area contributed by atoms with Crippen LogP contribution >= 0.6 is 0 Å². The topological polar surface area (TPSA) is 72.7 Å². The van der Waals surface area contributed by atoms with Gasteiger partial charge >= 0.3 is 6.03 Å². The number of para-hydroxylation sites is 1. The van der Waals surface area contributed by atoms with Crippen LogP contribution in [-0.4, -0.2) is 26.2 Å². The van der Waals surface area contributed by atoms with Gasteiger partial charge in [0.25, 0.3) is 0 Å². The predicted molar refractivity (Wildman–Crippen MR) is 58.1 cm³/mol. The highest BCUT2D eigenvalue weighted by Crippen LogP contribution is 2.05. The molecule has 0 spiro atoms. The van der Waals surface area contributed by atoms with Crippen molar-refractivity contribution in [1.29, 1.82) is 0 Å². The first kappa shape index (κ1) is 10.3. The largest absolute Gasteiger partial charge is 0.349 e. The number of amides is 1. The average Bonchev–Trinajstić information content (AvgIpc) is 2.78. The maximum Gasteiger partial charge on any atom is 0.349 e. The Hall–Kier alpha value is -2.24. The maximum absolute atomic E-state index is 11.8. The van der Waals surface area contributed by atoms with Gasteiger partial charge in [0.2, 0.25) is 0 Å². The van der Waals surface area contributed by atoms with Crippen molar-refractivity contribution < 1.29 is 4.79 Å². The van der Waals surface area contributed by atoms with Crippen molar-refractivity contribution in [2.75, 3.05) is 5.32 Å². The number of nitrogens with zero attached hydrogens (tertiary/aromatic N) is 4. The van der Waals surface area contributed by atoms with Crippen LogP contribution in [0.1, 0.15) is 12.7 Å². The van der Waals surface area contributed by atoms with Crippen LogP contribution in [0, 0.1) is 0 Å². The molecule has 0 atom stereocenters. The van der Waals surface area contributed by atoms with Crippen LogP contribution in [0.25, 0.3) is 0 Å². The van der Waals surface area contributed by atoms with Crippen LogP contribution in [0.15, 0.2) is 30.3 Å². The Kier molecular flexibility index (Phi) is 2.90. The van der Waals surface area contributed by atoms with Gasteiger partial charge in [-0.25, -0.2) is 4.79 Å². The zero-order valence-corrected chi connectivity index (χ0v) is 8.79. The monoisotopic (exact) mass is 217 g/mol. The van der Waals surface area contributed by atoms with Gasteiger partial charge in [-0.2, -0.15) is 0 Å². The molecule has 0 aliphatic heterocycles. The molecule has 0 aliphatic carbocycles. The molecule has 0 unspecified atom stereocenters. The van der Waals surface area contributed by atoms with Crippen molar-refractivity contribution in [3.05, 3.63) is 36.2 Å². The summed E-state index contributed by atoms with van der Waals surface area (Å²) in [6.07, 6.45) is 0.606. The van der Waals surface area contributed by atoms with E-state index in [9.17, 15) is 4.79 Å². The highest BCUT2D eigenvalue weighted by molar-refractivity contribution is 5.90. The van der Waals surface area contributed by atoms with Gasteiger partial charge in [-0.15, -0.1) is 9.78 Å². The number of anilines is 1. The fourth-order valence-corrected chi connectivity index (χ4v) is 1.28. The first-order valence-corrected chi connectivity index (χ1v) is 4.95. The van der Waals surface area contributed by atoms with Crippen molar-refractivity contribution in [1.82, 2.24) is 20.2 Å². The SMILES string of the molecule is CCc1nnnn1C(=O)Nc1ccccc1. The normalized spacial score (nSPS) is 10.1. The van der Waals surface area contributed by atoms with E-state index in [0.29, 0.717) is 17.9 Å². The first-order valence-electron chi connectivity index (χ1n) is 4.95. The lowest BCUT2D eigenvalue weighted by Crippen LogP contribution is -2.22. The molecule has 2 aromatic rings. The number of carbonyl (C=O) groups excluding carboxylic acids is 1. The van der Waals surface area contributed by atoms with E-state index in [4.69, 9.17) is 0 Å². The maximum atomic E-state index is 11.8. The van der Waals surface area contributed by atoms with Crippen molar-refractivity contribution >= 4 is 11.7 Å².